The lowest BCUT2D eigenvalue weighted by atomic mass is 10.4. The molecule has 126 valence electrons. The van der Waals surface area contributed by atoms with Gasteiger partial charge in [0.15, 0.2) is 11.1 Å². The van der Waals surface area contributed by atoms with Crippen molar-refractivity contribution >= 4 is 8.64 Å². The van der Waals surface area contributed by atoms with Crippen LogP contribution in [0.25, 0.3) is 0 Å². The highest BCUT2D eigenvalue weighted by molar-refractivity contribution is 6.50. The summed E-state index contributed by atoms with van der Waals surface area (Å²) in [7, 11) is -1.31. The number of rotatable bonds is 12. The lowest BCUT2D eigenvalue weighted by Gasteiger charge is -2.19. The zero-order valence-corrected chi connectivity index (χ0v) is 15.4. The average molecular weight is 327 g/mol. The van der Waals surface area contributed by atoms with E-state index in [1.54, 1.807) is 0 Å². The van der Waals surface area contributed by atoms with E-state index in [1.807, 2.05) is 6.07 Å². The first-order valence-corrected chi connectivity index (χ1v) is 9.95. The third-order valence-corrected chi connectivity index (χ3v) is 4.67. The molecule has 5 heteroatoms. The van der Waals surface area contributed by atoms with E-state index in [-0.39, 0.29) is 0 Å². The molecule has 0 spiro atoms. The maximum atomic E-state index is 5.99. The zero-order valence-electron chi connectivity index (χ0n) is 14.4. The molecule has 0 bridgehead atoms. The second kappa shape index (κ2) is 11.3. The van der Waals surface area contributed by atoms with E-state index in [2.05, 4.69) is 33.4 Å². The fourth-order valence-corrected chi connectivity index (χ4v) is 3.63. The molecule has 0 fully saturated rings. The minimum Gasteiger partial charge on any atom is -0.545 e. The van der Waals surface area contributed by atoms with Crippen LogP contribution in [0.5, 0.6) is 16.9 Å². The van der Waals surface area contributed by atoms with Crippen LogP contribution in [0, 0.1) is 0 Å². The fourth-order valence-electron chi connectivity index (χ4n) is 1.86. The van der Waals surface area contributed by atoms with E-state index in [0.29, 0.717) is 19.8 Å². The van der Waals surface area contributed by atoms with Gasteiger partial charge in [0.25, 0.3) is 0 Å². The molecule has 0 aliphatic carbocycles. The summed E-state index contributed by atoms with van der Waals surface area (Å²) in [5.41, 5.74) is 2.09. The molecule has 0 unspecified atom stereocenters. The predicted molar refractivity (Wildman–Crippen MR) is 91.5 cm³/mol. The van der Waals surface area contributed by atoms with Gasteiger partial charge in [0, 0.05) is 0 Å². The van der Waals surface area contributed by atoms with Crippen LogP contribution in [0.4, 0.5) is 0 Å². The van der Waals surface area contributed by atoms with Crippen molar-refractivity contribution in [3.8, 4) is 16.9 Å². The fraction of sp³-hybridized carbons (Fsp3) is 0.706. The number of ether oxygens (including phenoxy) is 3. The van der Waals surface area contributed by atoms with Gasteiger partial charge < -0.3 is 18.6 Å². The lowest BCUT2D eigenvalue weighted by molar-refractivity contribution is 0.243. The van der Waals surface area contributed by atoms with E-state index in [9.17, 15) is 0 Å². The number of hydrogen-bond acceptors (Lipinski definition) is 4. The minimum absolute atomic E-state index is 0.657. The Balaban J connectivity index is 3.11. The van der Waals surface area contributed by atoms with Gasteiger partial charge in [0.05, 0.1) is 26.4 Å². The Morgan fingerprint density at radius 3 is 2.00 bits per heavy atom. The molecule has 0 saturated heterocycles. The summed E-state index contributed by atoms with van der Waals surface area (Å²) < 4.78 is 23.8. The van der Waals surface area contributed by atoms with Gasteiger partial charge in [0.2, 0.25) is 5.75 Å². The Bertz CT molecular complexity index is 384. The first kappa shape index (κ1) is 18.8. The zero-order chi connectivity index (χ0) is 16.2. The summed E-state index contributed by atoms with van der Waals surface area (Å²) in [6.07, 6.45) is 3.88. The molecule has 0 aliphatic heterocycles. The summed E-state index contributed by atoms with van der Waals surface area (Å²) in [6, 6.07) is 1.99. The van der Waals surface area contributed by atoms with Crippen molar-refractivity contribution in [3.05, 3.63) is 11.7 Å². The molecule has 0 atom stereocenters. The minimum atomic E-state index is -1.31. The van der Waals surface area contributed by atoms with E-state index in [0.717, 1.165) is 49.1 Å². The van der Waals surface area contributed by atoms with E-state index < -0.39 is 8.64 Å². The lowest BCUT2D eigenvalue weighted by Crippen LogP contribution is -2.19. The quantitative estimate of drug-likeness (QED) is 0.546. The molecule has 1 aromatic heterocycles. The van der Waals surface area contributed by atoms with Crippen molar-refractivity contribution in [1.29, 1.82) is 0 Å². The second-order valence-corrected chi connectivity index (χ2v) is 6.92. The van der Waals surface area contributed by atoms with Crippen LogP contribution < -0.4 is 18.6 Å². The van der Waals surface area contributed by atoms with Crippen LogP contribution in [-0.2, 0) is 0 Å². The Labute approximate surface area is 136 Å². The number of hydrogen-bond donors (Lipinski definition) is 0. The van der Waals surface area contributed by atoms with Crippen molar-refractivity contribution in [2.45, 2.75) is 53.4 Å². The van der Waals surface area contributed by atoms with Crippen molar-refractivity contribution in [3.63, 3.8) is 0 Å². The average Bonchev–Trinajstić information content (AvgIpc) is 2.55. The molecule has 0 amide bonds. The third kappa shape index (κ3) is 5.87. The van der Waals surface area contributed by atoms with Gasteiger partial charge in [-0.05, 0) is 37.4 Å². The van der Waals surface area contributed by atoms with Gasteiger partial charge in [0.1, 0.15) is 0 Å². The Hall–Kier alpha value is -1.23. The Morgan fingerprint density at radius 1 is 0.773 bits per heavy atom. The van der Waals surface area contributed by atoms with Crippen LogP contribution in [0.3, 0.4) is 0 Å². The maximum absolute atomic E-state index is 5.99. The van der Waals surface area contributed by atoms with Crippen LogP contribution >= 0.6 is 0 Å². The van der Waals surface area contributed by atoms with Crippen molar-refractivity contribution in [2.24, 2.45) is 0 Å². The second-order valence-electron chi connectivity index (χ2n) is 5.11. The van der Waals surface area contributed by atoms with Crippen LogP contribution in [-0.4, -0.2) is 35.1 Å². The van der Waals surface area contributed by atoms with E-state index in [4.69, 9.17) is 18.6 Å². The van der Waals surface area contributed by atoms with E-state index >= 15 is 0 Å². The summed E-state index contributed by atoms with van der Waals surface area (Å²) in [5, 5.41) is 0.849. The molecule has 0 radical (unpaired) electrons. The highest BCUT2D eigenvalue weighted by Gasteiger charge is 2.20. The monoisotopic (exact) mass is 326 g/mol. The Morgan fingerprint density at radius 2 is 1.36 bits per heavy atom. The van der Waals surface area contributed by atoms with Crippen LogP contribution in [0.15, 0.2) is 11.7 Å². The molecular weight excluding hydrogens is 296 g/mol. The van der Waals surface area contributed by atoms with Gasteiger partial charge in [-0.25, -0.2) is 0 Å². The predicted octanol–water partition coefficient (Wildman–Crippen LogP) is 3.92. The highest BCUT2D eigenvalue weighted by atomic mass is 28.3. The van der Waals surface area contributed by atoms with Gasteiger partial charge in [-0.15, -0.1) is 0 Å². The molecule has 1 heterocycles. The molecule has 0 aromatic carbocycles. The van der Waals surface area contributed by atoms with Gasteiger partial charge >= 0.3 is 8.64 Å². The molecule has 1 aromatic rings. The van der Waals surface area contributed by atoms with Gasteiger partial charge in [-0.3, -0.25) is 0 Å². The molecule has 1 rings (SSSR count). The Kier molecular flexibility index (Phi) is 9.71. The molecule has 4 nitrogen and oxygen atoms in total. The summed E-state index contributed by atoms with van der Waals surface area (Å²) >= 11 is 0. The summed E-state index contributed by atoms with van der Waals surface area (Å²) in [5.74, 6) is 1.52. The SMILES string of the molecule is CCCOc1cc[si](OCCC)c(OCCC)c1OCCC. The van der Waals surface area contributed by atoms with Crippen molar-refractivity contribution < 1.29 is 18.6 Å². The standard InChI is InChI=1S/C17H30O4Si/c1-5-10-18-15-9-14-22(21-13-8-4)17(20-12-7-3)16(15)19-11-6-2/h9,14H,5-8,10-13H2,1-4H3. The smallest absolute Gasteiger partial charge is 0.313 e. The van der Waals surface area contributed by atoms with Crippen LogP contribution in [0.1, 0.15) is 53.4 Å². The topological polar surface area (TPSA) is 36.9 Å². The molecule has 22 heavy (non-hydrogen) atoms. The molecule has 0 saturated carbocycles. The summed E-state index contributed by atoms with van der Waals surface area (Å²) in [6.45, 7) is 11.2. The maximum Gasteiger partial charge on any atom is 0.313 e. The summed E-state index contributed by atoms with van der Waals surface area (Å²) in [4.78, 5) is 0. The molecule has 0 aliphatic rings. The largest absolute Gasteiger partial charge is 0.545 e. The highest BCUT2D eigenvalue weighted by Crippen LogP contribution is 2.37. The van der Waals surface area contributed by atoms with Gasteiger partial charge in [-0.1, -0.05) is 27.7 Å². The van der Waals surface area contributed by atoms with Crippen molar-refractivity contribution in [2.75, 3.05) is 26.4 Å². The normalized spacial score (nSPS) is 10.4. The molecular formula is C17H30O4Si. The first-order chi connectivity index (χ1) is 10.8. The van der Waals surface area contributed by atoms with Gasteiger partial charge in [-0.2, -0.15) is 0 Å². The van der Waals surface area contributed by atoms with E-state index in [1.165, 1.54) is 0 Å². The first-order valence-electron chi connectivity index (χ1n) is 8.46. The van der Waals surface area contributed by atoms with Crippen LogP contribution in [0.2, 0.25) is 0 Å². The molecule has 0 N–H and O–H groups in total. The third-order valence-electron chi connectivity index (χ3n) is 2.86. The van der Waals surface area contributed by atoms with Crippen molar-refractivity contribution in [1.82, 2.24) is 0 Å².